The molecule has 0 bridgehead atoms. The van der Waals surface area contributed by atoms with E-state index >= 15 is 0 Å². The van der Waals surface area contributed by atoms with Gasteiger partial charge in [-0.1, -0.05) is 60.3 Å². The van der Waals surface area contributed by atoms with E-state index in [-0.39, 0.29) is 0 Å². The first-order chi connectivity index (χ1) is 7.54. The van der Waals surface area contributed by atoms with E-state index < -0.39 is 0 Å². The molecular weight excluding hydrogens is 192 g/mol. The second-order valence-corrected chi connectivity index (χ2v) is 6.71. The molecule has 0 spiro atoms. The van der Waals surface area contributed by atoms with Crippen LogP contribution in [0.1, 0.15) is 73.1 Å². The van der Waals surface area contributed by atoms with Crippen molar-refractivity contribution >= 4 is 0 Å². The molecule has 0 aromatic rings. The van der Waals surface area contributed by atoms with Crippen LogP contribution in [0.25, 0.3) is 0 Å². The molecule has 1 fully saturated rings. The zero-order chi connectivity index (χ0) is 12.1. The molecule has 16 heavy (non-hydrogen) atoms. The van der Waals surface area contributed by atoms with E-state index in [1.807, 2.05) is 0 Å². The highest BCUT2D eigenvalue weighted by molar-refractivity contribution is 4.89. The molecule has 0 heterocycles. The fourth-order valence-electron chi connectivity index (χ4n) is 3.06. The number of hydrogen-bond donors (Lipinski definition) is 0. The molecule has 1 saturated carbocycles. The Morgan fingerprint density at radius 1 is 1.12 bits per heavy atom. The van der Waals surface area contributed by atoms with E-state index in [2.05, 4.69) is 34.6 Å². The maximum atomic E-state index is 2.49. The zero-order valence-electron chi connectivity index (χ0n) is 12.1. The van der Waals surface area contributed by atoms with Crippen molar-refractivity contribution in [3.63, 3.8) is 0 Å². The van der Waals surface area contributed by atoms with Crippen LogP contribution in [0, 0.1) is 29.6 Å². The molecule has 0 aromatic carbocycles. The number of hydrogen-bond acceptors (Lipinski definition) is 0. The molecule has 0 radical (unpaired) electrons. The summed E-state index contributed by atoms with van der Waals surface area (Å²) in [7, 11) is 0. The van der Waals surface area contributed by atoms with Gasteiger partial charge >= 0.3 is 0 Å². The highest BCUT2D eigenvalue weighted by Gasteiger charge is 2.40. The van der Waals surface area contributed by atoms with Crippen LogP contribution in [0.3, 0.4) is 0 Å². The first-order valence-electron chi connectivity index (χ1n) is 7.54. The second-order valence-electron chi connectivity index (χ2n) is 6.71. The molecule has 0 amide bonds. The lowest BCUT2D eigenvalue weighted by molar-refractivity contribution is 0.352. The van der Waals surface area contributed by atoms with Gasteiger partial charge in [-0.2, -0.15) is 0 Å². The monoisotopic (exact) mass is 224 g/mol. The maximum Gasteiger partial charge on any atom is -0.0357 e. The lowest BCUT2D eigenvalue weighted by Crippen LogP contribution is -2.05. The summed E-state index contributed by atoms with van der Waals surface area (Å²) in [6.07, 6.45) is 8.76. The van der Waals surface area contributed by atoms with Crippen LogP contribution in [0.4, 0.5) is 0 Å². The summed E-state index contributed by atoms with van der Waals surface area (Å²) in [6, 6.07) is 0. The van der Waals surface area contributed by atoms with E-state index in [4.69, 9.17) is 0 Å². The molecular formula is C16H32. The quantitative estimate of drug-likeness (QED) is 0.509. The van der Waals surface area contributed by atoms with E-state index in [0.29, 0.717) is 0 Å². The van der Waals surface area contributed by atoms with Gasteiger partial charge in [0.05, 0.1) is 0 Å². The standard InChI is InChI=1S/C16H32/c1-6-13(4)10-14(5)16-11-15(16)9-7-8-12(2)3/h12-16H,6-11H2,1-5H3. The van der Waals surface area contributed by atoms with E-state index in [1.54, 1.807) is 0 Å². The summed E-state index contributed by atoms with van der Waals surface area (Å²) in [6.45, 7) is 11.9. The molecule has 4 unspecified atom stereocenters. The first-order valence-corrected chi connectivity index (χ1v) is 7.54. The van der Waals surface area contributed by atoms with Gasteiger partial charge in [-0.05, 0) is 42.4 Å². The first kappa shape index (κ1) is 14.1. The summed E-state index contributed by atoms with van der Waals surface area (Å²) in [5.41, 5.74) is 0. The average molecular weight is 224 g/mol. The van der Waals surface area contributed by atoms with E-state index in [9.17, 15) is 0 Å². The fourth-order valence-corrected chi connectivity index (χ4v) is 3.06. The molecule has 0 aromatic heterocycles. The molecule has 0 N–H and O–H groups in total. The minimum absolute atomic E-state index is 0.898. The molecule has 1 aliphatic rings. The van der Waals surface area contributed by atoms with Gasteiger partial charge in [0.2, 0.25) is 0 Å². The Kier molecular flexibility index (Phi) is 5.86. The third-order valence-corrected chi connectivity index (χ3v) is 4.54. The van der Waals surface area contributed by atoms with Crippen LogP contribution < -0.4 is 0 Å². The van der Waals surface area contributed by atoms with Crippen LogP contribution in [0.5, 0.6) is 0 Å². The Morgan fingerprint density at radius 2 is 1.81 bits per heavy atom. The molecule has 1 rings (SSSR count). The van der Waals surface area contributed by atoms with Gasteiger partial charge in [0.1, 0.15) is 0 Å². The minimum Gasteiger partial charge on any atom is -0.0651 e. The van der Waals surface area contributed by atoms with Crippen molar-refractivity contribution in [1.82, 2.24) is 0 Å². The van der Waals surface area contributed by atoms with Crippen LogP contribution in [0.15, 0.2) is 0 Å². The fraction of sp³-hybridized carbons (Fsp3) is 1.00. The average Bonchev–Trinajstić information content (AvgIpc) is 2.96. The smallest absolute Gasteiger partial charge is 0.0357 e. The topological polar surface area (TPSA) is 0 Å². The van der Waals surface area contributed by atoms with E-state index in [0.717, 1.165) is 29.6 Å². The van der Waals surface area contributed by atoms with Crippen LogP contribution >= 0.6 is 0 Å². The predicted molar refractivity (Wildman–Crippen MR) is 73.5 cm³/mol. The minimum atomic E-state index is 0.898. The molecule has 0 nitrogen and oxygen atoms in total. The lowest BCUT2D eigenvalue weighted by Gasteiger charge is -2.15. The van der Waals surface area contributed by atoms with Gasteiger partial charge in [0.15, 0.2) is 0 Å². The summed E-state index contributed by atoms with van der Waals surface area (Å²) in [5.74, 6) is 5.00. The molecule has 1 aliphatic carbocycles. The molecule has 0 heteroatoms. The predicted octanol–water partition coefficient (Wildman–Crippen LogP) is 5.52. The van der Waals surface area contributed by atoms with Gasteiger partial charge < -0.3 is 0 Å². The Hall–Kier alpha value is 0. The SMILES string of the molecule is CCC(C)CC(C)C1CC1CCCC(C)C. The van der Waals surface area contributed by atoms with Crippen molar-refractivity contribution in [3.05, 3.63) is 0 Å². The summed E-state index contributed by atoms with van der Waals surface area (Å²) >= 11 is 0. The van der Waals surface area contributed by atoms with Gasteiger partial charge in [0.25, 0.3) is 0 Å². The van der Waals surface area contributed by atoms with Gasteiger partial charge in [-0.3, -0.25) is 0 Å². The Balaban J connectivity index is 2.08. The highest BCUT2D eigenvalue weighted by Crippen LogP contribution is 2.49. The van der Waals surface area contributed by atoms with Crippen molar-refractivity contribution in [2.75, 3.05) is 0 Å². The van der Waals surface area contributed by atoms with Crippen LogP contribution in [-0.2, 0) is 0 Å². The van der Waals surface area contributed by atoms with Gasteiger partial charge in [-0.15, -0.1) is 0 Å². The summed E-state index contributed by atoms with van der Waals surface area (Å²) < 4.78 is 0. The van der Waals surface area contributed by atoms with Crippen LogP contribution in [0.2, 0.25) is 0 Å². The van der Waals surface area contributed by atoms with Gasteiger partial charge in [-0.25, -0.2) is 0 Å². The Bertz CT molecular complexity index is 182. The van der Waals surface area contributed by atoms with Gasteiger partial charge in [0, 0.05) is 0 Å². The third kappa shape index (κ3) is 4.89. The van der Waals surface area contributed by atoms with Crippen LogP contribution in [-0.4, -0.2) is 0 Å². The third-order valence-electron chi connectivity index (χ3n) is 4.54. The molecule has 96 valence electrons. The van der Waals surface area contributed by atoms with Crippen molar-refractivity contribution in [2.24, 2.45) is 29.6 Å². The van der Waals surface area contributed by atoms with E-state index in [1.165, 1.54) is 38.5 Å². The summed E-state index contributed by atoms with van der Waals surface area (Å²) in [5, 5.41) is 0. The van der Waals surface area contributed by atoms with Crippen molar-refractivity contribution < 1.29 is 0 Å². The molecule has 4 atom stereocenters. The Labute approximate surface area is 103 Å². The summed E-state index contributed by atoms with van der Waals surface area (Å²) in [4.78, 5) is 0. The normalized spacial score (nSPS) is 28.1. The second kappa shape index (κ2) is 6.67. The maximum absolute atomic E-state index is 2.49. The van der Waals surface area contributed by atoms with Crippen molar-refractivity contribution in [3.8, 4) is 0 Å². The van der Waals surface area contributed by atoms with Crippen molar-refractivity contribution in [1.29, 1.82) is 0 Å². The zero-order valence-corrected chi connectivity index (χ0v) is 12.1. The van der Waals surface area contributed by atoms with Crippen molar-refractivity contribution in [2.45, 2.75) is 73.1 Å². The largest absolute Gasteiger partial charge is 0.0651 e. The molecule has 0 aliphatic heterocycles. The highest BCUT2D eigenvalue weighted by atomic mass is 14.4. The lowest BCUT2D eigenvalue weighted by atomic mass is 9.90. The number of rotatable bonds is 8. The Morgan fingerprint density at radius 3 is 2.38 bits per heavy atom. The molecule has 0 saturated heterocycles.